The van der Waals surface area contributed by atoms with Crippen LogP contribution in [0.3, 0.4) is 0 Å². The Hall–Kier alpha value is -3.40. The van der Waals surface area contributed by atoms with E-state index in [2.05, 4.69) is 40.2 Å². The van der Waals surface area contributed by atoms with Crippen molar-refractivity contribution in [2.45, 2.75) is 54.0 Å². The van der Waals surface area contributed by atoms with Gasteiger partial charge in [0.25, 0.3) is 10.0 Å². The van der Waals surface area contributed by atoms with Crippen LogP contribution in [-0.2, 0) is 26.2 Å². The number of halogens is 6. The number of fused-ring (bicyclic) bond motifs is 2. The smallest absolute Gasteiger partial charge is 0.416 e. The van der Waals surface area contributed by atoms with Crippen molar-refractivity contribution in [2.75, 3.05) is 65.6 Å². The second kappa shape index (κ2) is 20.8. The number of nitrogens with zero attached hydrogens (tertiary/aromatic N) is 3. The molecule has 0 amide bonds. The van der Waals surface area contributed by atoms with Gasteiger partial charge in [0.2, 0.25) is 10.0 Å². The average molecular weight is 1020 g/mol. The van der Waals surface area contributed by atoms with E-state index in [1.165, 1.54) is 24.4 Å². The lowest BCUT2D eigenvalue weighted by Crippen LogP contribution is -2.45. The van der Waals surface area contributed by atoms with E-state index < -0.39 is 31.8 Å². The number of ether oxygens (including phenoxy) is 4. The molecule has 0 radical (unpaired) electrons. The fourth-order valence-corrected chi connectivity index (χ4v) is 11.0. The van der Waals surface area contributed by atoms with Gasteiger partial charge >= 0.3 is 6.18 Å². The molecule has 0 bridgehead atoms. The third-order valence-corrected chi connectivity index (χ3v) is 15.4. The van der Waals surface area contributed by atoms with Crippen molar-refractivity contribution in [3.8, 4) is 23.0 Å². The van der Waals surface area contributed by atoms with E-state index >= 15 is 0 Å². The van der Waals surface area contributed by atoms with Crippen LogP contribution in [-0.4, -0.2) is 109 Å². The number of sulfonamides is 2. The largest absolute Gasteiger partial charge is 0.486 e. The number of hydrogen-bond donors (Lipinski definition) is 2. The molecule has 8 rings (SSSR count). The second-order valence-corrected chi connectivity index (χ2v) is 20.9. The Morgan fingerprint density at radius 3 is 1.81 bits per heavy atom. The van der Waals surface area contributed by atoms with Crippen LogP contribution in [0, 0.1) is 11.8 Å². The summed E-state index contributed by atoms with van der Waals surface area (Å²) < 4.78 is 118. The number of likely N-dealkylation sites (tertiary alicyclic amines) is 2. The van der Waals surface area contributed by atoms with Crippen molar-refractivity contribution < 1.29 is 49.0 Å². The highest BCUT2D eigenvalue weighted by Gasteiger charge is 2.34. The molecule has 13 nitrogen and oxygen atoms in total. The SMILES string of the molecule is O=S(=O)(NCC1CCN(CC2COc3ccc(Br)cc3O2)CC1)c1cccc(Cl)c1Cl.O=S(=O)(NCC1CCN(CC2COc3ccc(C(F)(F)F)cc3O2)CC1)c1ccccn1. The van der Waals surface area contributed by atoms with Gasteiger partial charge in [0.05, 0.1) is 15.6 Å². The molecule has 342 valence electrons. The van der Waals surface area contributed by atoms with Gasteiger partial charge in [-0.25, -0.2) is 31.3 Å². The molecule has 63 heavy (non-hydrogen) atoms. The van der Waals surface area contributed by atoms with E-state index in [1.54, 1.807) is 24.3 Å². The average Bonchev–Trinajstić information content (AvgIpc) is 3.26. The minimum Gasteiger partial charge on any atom is -0.486 e. The highest BCUT2D eigenvalue weighted by atomic mass is 79.9. The number of aromatic nitrogens is 1. The van der Waals surface area contributed by atoms with E-state index in [1.807, 2.05) is 18.2 Å². The molecule has 4 aliphatic rings. The number of benzene rings is 3. The van der Waals surface area contributed by atoms with Crippen LogP contribution in [0.4, 0.5) is 13.2 Å². The molecule has 1 aromatic heterocycles. The van der Waals surface area contributed by atoms with E-state index in [0.717, 1.165) is 86.5 Å². The normalized spacial score (nSPS) is 20.2. The fraction of sp³-hybridized carbons (Fsp3) is 0.452. The number of hydrogen-bond acceptors (Lipinski definition) is 11. The summed E-state index contributed by atoms with van der Waals surface area (Å²) in [6.07, 6.45) is 0.00748. The third kappa shape index (κ3) is 12.9. The minimum absolute atomic E-state index is 0.000782. The van der Waals surface area contributed by atoms with Crippen LogP contribution in [0.5, 0.6) is 23.0 Å². The molecule has 2 atom stereocenters. The molecule has 4 aromatic rings. The molecule has 2 N–H and O–H groups in total. The summed E-state index contributed by atoms with van der Waals surface area (Å²) in [5.41, 5.74) is -0.769. The molecule has 0 aliphatic carbocycles. The molecule has 4 aliphatic heterocycles. The zero-order valence-corrected chi connectivity index (χ0v) is 38.6. The fourth-order valence-electron chi connectivity index (χ4n) is 7.69. The van der Waals surface area contributed by atoms with Crippen LogP contribution >= 0.6 is 39.1 Å². The van der Waals surface area contributed by atoms with Crippen molar-refractivity contribution in [1.29, 1.82) is 0 Å². The Bertz CT molecular complexity index is 2410. The lowest BCUT2D eigenvalue weighted by atomic mass is 9.97. The Morgan fingerprint density at radius 2 is 1.25 bits per heavy atom. The van der Waals surface area contributed by atoms with Gasteiger partial charge in [-0.15, -0.1) is 0 Å². The van der Waals surface area contributed by atoms with Gasteiger partial charge in [-0.1, -0.05) is 51.3 Å². The standard InChI is InChI=1S/C21H23BrCl2N2O4S.C21H24F3N3O4S/c22-15-4-5-18-19(10-15)30-16(13-29-18)12-26-8-6-14(7-9-26)11-25-31(27,28)20-3-1-2-17(23)21(20)24;22-21(23,24)16-4-5-18-19(11-16)31-17(14-30-18)13-27-9-6-15(7-10-27)12-26-32(28,29)20-3-1-2-8-25-20/h1-5,10,14,16,25H,6-9,11-13H2;1-5,8,11,15,17,26H,6-7,9-10,12-14H2. The van der Waals surface area contributed by atoms with E-state index in [0.29, 0.717) is 32.0 Å². The maximum atomic E-state index is 12.9. The maximum absolute atomic E-state index is 12.9. The van der Waals surface area contributed by atoms with Crippen LogP contribution < -0.4 is 28.4 Å². The molecule has 21 heteroatoms. The number of rotatable bonds is 12. The maximum Gasteiger partial charge on any atom is 0.416 e. The number of alkyl halides is 3. The van der Waals surface area contributed by atoms with Crippen molar-refractivity contribution in [3.63, 3.8) is 0 Å². The van der Waals surface area contributed by atoms with Gasteiger partial charge < -0.3 is 18.9 Å². The van der Waals surface area contributed by atoms with Crippen molar-refractivity contribution in [1.82, 2.24) is 24.2 Å². The zero-order chi connectivity index (χ0) is 44.8. The summed E-state index contributed by atoms with van der Waals surface area (Å²) in [5.74, 6) is 2.41. The molecular weight excluding hydrogens is 974 g/mol. The minimum atomic E-state index is -4.44. The molecule has 2 fully saturated rings. The molecule has 0 spiro atoms. The Kier molecular flexibility index (Phi) is 15.7. The summed E-state index contributed by atoms with van der Waals surface area (Å²) in [6.45, 7) is 6.07. The van der Waals surface area contributed by atoms with E-state index in [-0.39, 0.29) is 56.4 Å². The molecule has 2 unspecified atom stereocenters. The predicted molar refractivity (Wildman–Crippen MR) is 235 cm³/mol. The molecule has 5 heterocycles. The monoisotopic (exact) mass is 1020 g/mol. The topological polar surface area (TPSA) is 149 Å². The van der Waals surface area contributed by atoms with Gasteiger partial charge in [-0.2, -0.15) is 13.2 Å². The van der Waals surface area contributed by atoms with Gasteiger partial charge in [0.1, 0.15) is 30.3 Å². The quantitative estimate of drug-likeness (QED) is 0.145. The van der Waals surface area contributed by atoms with E-state index in [9.17, 15) is 30.0 Å². The van der Waals surface area contributed by atoms with Crippen LogP contribution in [0.15, 0.2) is 93.4 Å². The van der Waals surface area contributed by atoms with Gasteiger partial charge in [-0.3, -0.25) is 9.80 Å². The molecular formula is C42H47BrCl2F3N5O8S2. The van der Waals surface area contributed by atoms with Gasteiger partial charge in [0, 0.05) is 36.8 Å². The molecule has 3 aromatic carbocycles. The summed E-state index contributed by atoms with van der Waals surface area (Å²) in [5, 5.41) is 0.275. The lowest BCUT2D eigenvalue weighted by Gasteiger charge is -2.35. The molecule has 2 saturated heterocycles. The summed E-state index contributed by atoms with van der Waals surface area (Å²) >= 11 is 15.5. The number of piperidine rings is 2. The van der Waals surface area contributed by atoms with Crippen molar-refractivity contribution >= 4 is 59.2 Å². The Labute approximate surface area is 383 Å². The van der Waals surface area contributed by atoms with Crippen LogP contribution in [0.2, 0.25) is 10.0 Å². The zero-order valence-electron chi connectivity index (χ0n) is 33.9. The summed E-state index contributed by atoms with van der Waals surface area (Å²) in [6, 6.07) is 18.3. The first-order chi connectivity index (χ1) is 30.0. The van der Waals surface area contributed by atoms with Crippen LogP contribution in [0.1, 0.15) is 31.2 Å². The number of pyridine rings is 1. The van der Waals surface area contributed by atoms with Gasteiger partial charge in [-0.05, 0) is 124 Å². The lowest BCUT2D eigenvalue weighted by molar-refractivity contribution is -0.137. The molecule has 0 saturated carbocycles. The van der Waals surface area contributed by atoms with Gasteiger partial charge in [0.15, 0.2) is 28.0 Å². The summed E-state index contributed by atoms with van der Waals surface area (Å²) in [7, 11) is -7.33. The van der Waals surface area contributed by atoms with Crippen LogP contribution in [0.25, 0.3) is 0 Å². The number of nitrogens with one attached hydrogen (secondary N) is 2. The van der Waals surface area contributed by atoms with E-state index in [4.69, 9.17) is 42.1 Å². The Balaban J connectivity index is 0.000000189. The second-order valence-electron chi connectivity index (χ2n) is 15.8. The summed E-state index contributed by atoms with van der Waals surface area (Å²) in [4.78, 5) is 8.40. The first-order valence-electron chi connectivity index (χ1n) is 20.4. The third-order valence-electron chi connectivity index (χ3n) is 11.2. The van der Waals surface area contributed by atoms with Crippen molar-refractivity contribution in [2.24, 2.45) is 11.8 Å². The first kappa shape index (κ1) is 47.6. The Morgan fingerprint density at radius 1 is 0.698 bits per heavy atom. The van der Waals surface area contributed by atoms with Crippen molar-refractivity contribution in [3.05, 3.63) is 99.1 Å². The highest BCUT2D eigenvalue weighted by molar-refractivity contribution is 9.10. The highest BCUT2D eigenvalue weighted by Crippen LogP contribution is 2.39. The predicted octanol–water partition coefficient (Wildman–Crippen LogP) is 7.52. The first-order valence-corrected chi connectivity index (χ1v) is 24.9.